The summed E-state index contributed by atoms with van der Waals surface area (Å²) in [5.74, 6) is 1.10. The fourth-order valence-corrected chi connectivity index (χ4v) is 8.14. The van der Waals surface area contributed by atoms with E-state index in [1.54, 1.807) is 7.11 Å². The van der Waals surface area contributed by atoms with Crippen LogP contribution in [0.25, 0.3) is 0 Å². The van der Waals surface area contributed by atoms with E-state index in [9.17, 15) is 9.59 Å². The molecule has 6 rings (SSSR count). The lowest BCUT2D eigenvalue weighted by Crippen LogP contribution is -2.75. The van der Waals surface area contributed by atoms with Gasteiger partial charge >= 0.3 is 5.97 Å². The number of hydrogen-bond donors (Lipinski definition) is 0. The molecule has 34 heavy (non-hydrogen) atoms. The Morgan fingerprint density at radius 2 is 1.97 bits per heavy atom. The van der Waals surface area contributed by atoms with Gasteiger partial charge in [-0.15, -0.1) is 0 Å². The first kappa shape index (κ1) is 23.8. The molecule has 186 valence electrons. The van der Waals surface area contributed by atoms with Crippen molar-refractivity contribution >= 4 is 11.8 Å². The molecule has 5 heteroatoms. The van der Waals surface area contributed by atoms with Crippen LogP contribution in [-0.2, 0) is 26.2 Å². The van der Waals surface area contributed by atoms with E-state index in [0.717, 1.165) is 57.2 Å². The number of methoxy groups -OCH3 is 1. The van der Waals surface area contributed by atoms with Crippen LogP contribution < -0.4 is 4.74 Å². The normalized spacial score (nSPS) is 35.6. The third kappa shape index (κ3) is 3.44. The van der Waals surface area contributed by atoms with Gasteiger partial charge in [-0.2, -0.15) is 0 Å². The number of Topliss-reactive ketones (excluding diaryl/α,β-unsaturated/α-hetero) is 1. The van der Waals surface area contributed by atoms with Gasteiger partial charge in [0.05, 0.1) is 13.7 Å². The third-order valence-electron chi connectivity index (χ3n) is 9.64. The van der Waals surface area contributed by atoms with Crippen molar-refractivity contribution < 1.29 is 19.1 Å². The molecule has 3 saturated heterocycles. The van der Waals surface area contributed by atoms with Crippen LogP contribution in [0.2, 0.25) is 0 Å². The highest BCUT2D eigenvalue weighted by Gasteiger charge is 2.70. The van der Waals surface area contributed by atoms with Gasteiger partial charge in [-0.05, 0) is 81.2 Å². The van der Waals surface area contributed by atoms with E-state index < -0.39 is 5.41 Å². The Morgan fingerprint density at radius 1 is 1.12 bits per heavy atom. The summed E-state index contributed by atoms with van der Waals surface area (Å²) in [6.07, 6.45) is 10.7. The standard InChI is InChI=1S/C29H41NO4/c1-4-6-8-11-26(31)29(27(32)34-5-2)18-23-24-16-20-12-13-21(33-3)17-22(20)28(23)14-9-7-10-15-30(24)25(29)19-28/h12-13,17,23-25H,4-11,14-16,18-19H2,1-3H3/t23?,24?,25?,28-,29?/m1/s1. The Morgan fingerprint density at radius 3 is 2.74 bits per heavy atom. The van der Waals surface area contributed by atoms with Crippen LogP contribution in [0.5, 0.6) is 5.75 Å². The summed E-state index contributed by atoms with van der Waals surface area (Å²) in [5, 5.41) is 0. The van der Waals surface area contributed by atoms with Crippen molar-refractivity contribution in [1.82, 2.24) is 4.90 Å². The molecule has 0 spiro atoms. The van der Waals surface area contributed by atoms with E-state index in [1.807, 2.05) is 6.92 Å². The van der Waals surface area contributed by atoms with Crippen LogP contribution >= 0.6 is 0 Å². The summed E-state index contributed by atoms with van der Waals surface area (Å²) in [5.41, 5.74) is 1.88. The smallest absolute Gasteiger partial charge is 0.321 e. The molecule has 0 radical (unpaired) electrons. The van der Waals surface area contributed by atoms with Gasteiger partial charge in [0.1, 0.15) is 11.2 Å². The number of benzene rings is 1. The van der Waals surface area contributed by atoms with Gasteiger partial charge in [-0.25, -0.2) is 0 Å². The summed E-state index contributed by atoms with van der Waals surface area (Å²) in [7, 11) is 1.74. The van der Waals surface area contributed by atoms with Gasteiger partial charge in [0, 0.05) is 23.9 Å². The first-order chi connectivity index (χ1) is 16.5. The number of rotatable bonds is 8. The van der Waals surface area contributed by atoms with Gasteiger partial charge in [0.15, 0.2) is 5.78 Å². The van der Waals surface area contributed by atoms with E-state index in [-0.39, 0.29) is 23.2 Å². The van der Waals surface area contributed by atoms with E-state index in [2.05, 4.69) is 30.0 Å². The van der Waals surface area contributed by atoms with Crippen molar-refractivity contribution in [3.05, 3.63) is 29.3 Å². The van der Waals surface area contributed by atoms with Crippen LogP contribution in [-0.4, -0.2) is 49.0 Å². The largest absolute Gasteiger partial charge is 0.497 e. The Kier molecular flexibility index (Phi) is 6.52. The predicted molar refractivity (Wildman–Crippen MR) is 132 cm³/mol. The maximum Gasteiger partial charge on any atom is 0.321 e. The van der Waals surface area contributed by atoms with Crippen LogP contribution in [0.1, 0.15) is 89.2 Å². The lowest BCUT2D eigenvalue weighted by atomic mass is 9.43. The van der Waals surface area contributed by atoms with E-state index in [0.29, 0.717) is 31.4 Å². The summed E-state index contributed by atoms with van der Waals surface area (Å²) < 4.78 is 11.3. The quantitative estimate of drug-likeness (QED) is 0.298. The fourth-order valence-electron chi connectivity index (χ4n) is 8.14. The van der Waals surface area contributed by atoms with Crippen LogP contribution in [0.3, 0.4) is 0 Å². The van der Waals surface area contributed by atoms with Crippen molar-refractivity contribution in [2.75, 3.05) is 20.3 Å². The van der Waals surface area contributed by atoms with E-state index in [1.165, 1.54) is 24.0 Å². The molecule has 6 atom stereocenters. The van der Waals surface area contributed by atoms with Crippen molar-refractivity contribution in [3.8, 4) is 5.75 Å². The zero-order chi connectivity index (χ0) is 23.9. The zero-order valence-corrected chi connectivity index (χ0v) is 21.2. The minimum atomic E-state index is -1.00. The highest BCUT2D eigenvalue weighted by molar-refractivity contribution is 6.05. The molecule has 1 aromatic carbocycles. The molecule has 5 nitrogen and oxygen atoms in total. The molecule has 0 amide bonds. The van der Waals surface area contributed by atoms with E-state index >= 15 is 0 Å². The topological polar surface area (TPSA) is 55.8 Å². The molecular weight excluding hydrogens is 426 g/mol. The van der Waals surface area contributed by atoms with Gasteiger partial charge in [-0.3, -0.25) is 14.5 Å². The number of ketones is 1. The number of unbranched alkanes of at least 4 members (excludes halogenated alkanes) is 2. The lowest BCUT2D eigenvalue weighted by molar-refractivity contribution is -0.193. The van der Waals surface area contributed by atoms with Crippen LogP contribution in [0.4, 0.5) is 0 Å². The van der Waals surface area contributed by atoms with Crippen LogP contribution in [0.15, 0.2) is 18.2 Å². The number of carbonyl (C=O) groups is 2. The Balaban J connectivity index is 1.63. The predicted octanol–water partition coefficient (Wildman–Crippen LogP) is 5.22. The van der Waals surface area contributed by atoms with Crippen molar-refractivity contribution in [2.24, 2.45) is 11.3 Å². The average Bonchev–Trinajstić information content (AvgIpc) is 2.95. The molecule has 3 aliphatic heterocycles. The number of piperidine rings is 2. The first-order valence-electron chi connectivity index (χ1n) is 13.7. The zero-order valence-electron chi connectivity index (χ0n) is 21.2. The van der Waals surface area contributed by atoms with Gasteiger partial charge in [0.25, 0.3) is 0 Å². The summed E-state index contributed by atoms with van der Waals surface area (Å²) in [4.78, 5) is 30.3. The Hall–Kier alpha value is -1.88. The summed E-state index contributed by atoms with van der Waals surface area (Å²) >= 11 is 0. The highest BCUT2D eigenvalue weighted by atomic mass is 16.5. The van der Waals surface area contributed by atoms with Gasteiger partial charge in [-0.1, -0.05) is 38.7 Å². The second-order valence-corrected chi connectivity index (χ2v) is 11.1. The molecule has 4 fully saturated rings. The Bertz CT molecular complexity index is 944. The molecule has 1 saturated carbocycles. The lowest BCUT2D eigenvalue weighted by Gasteiger charge is -2.68. The monoisotopic (exact) mass is 467 g/mol. The molecule has 5 aliphatic rings. The van der Waals surface area contributed by atoms with Crippen molar-refractivity contribution in [2.45, 2.75) is 102 Å². The fraction of sp³-hybridized carbons (Fsp3) is 0.724. The molecule has 3 heterocycles. The Labute approximate surface area is 204 Å². The second kappa shape index (κ2) is 9.29. The van der Waals surface area contributed by atoms with Gasteiger partial charge < -0.3 is 9.47 Å². The molecule has 2 aliphatic carbocycles. The average molecular weight is 468 g/mol. The molecule has 0 aromatic heterocycles. The number of ether oxygens (including phenoxy) is 2. The van der Waals surface area contributed by atoms with E-state index in [4.69, 9.17) is 9.47 Å². The number of fused-ring (bicyclic) bond motifs is 2. The maximum absolute atomic E-state index is 14.0. The number of esters is 1. The molecule has 5 unspecified atom stereocenters. The van der Waals surface area contributed by atoms with Crippen molar-refractivity contribution in [1.29, 1.82) is 0 Å². The highest BCUT2D eigenvalue weighted by Crippen LogP contribution is 2.65. The summed E-state index contributed by atoms with van der Waals surface area (Å²) in [6, 6.07) is 6.97. The first-order valence-corrected chi connectivity index (χ1v) is 13.7. The minimum absolute atomic E-state index is 0.0258. The molecule has 1 aromatic rings. The molecule has 0 N–H and O–H groups in total. The second-order valence-electron chi connectivity index (χ2n) is 11.1. The number of hydrogen-bond acceptors (Lipinski definition) is 5. The molecular formula is C29H41NO4. The summed E-state index contributed by atoms with van der Waals surface area (Å²) in [6.45, 7) is 5.33. The van der Waals surface area contributed by atoms with Crippen molar-refractivity contribution in [3.63, 3.8) is 0 Å². The van der Waals surface area contributed by atoms with Gasteiger partial charge in [0.2, 0.25) is 0 Å². The van der Waals surface area contributed by atoms with Crippen LogP contribution in [0, 0.1) is 11.3 Å². The SMILES string of the molecule is CCCCCC(=O)C1(C(=O)OCC)CC2C3Cc4ccc(OC)cc4[C@]24CCCCCN3C1C4. The minimum Gasteiger partial charge on any atom is -0.497 e. The third-order valence-corrected chi connectivity index (χ3v) is 9.64. The molecule has 5 bridgehead atoms. The number of nitrogens with zero attached hydrogens (tertiary/aromatic N) is 1. The number of carbonyl (C=O) groups excluding carboxylic acids is 2. The maximum atomic E-state index is 14.0.